The van der Waals surface area contributed by atoms with Crippen LogP contribution >= 0.6 is 11.3 Å². The summed E-state index contributed by atoms with van der Waals surface area (Å²) >= 11 is 1.90. The van der Waals surface area contributed by atoms with Crippen molar-refractivity contribution in [3.8, 4) is 0 Å². The molecular weight excluding hydrogens is 356 g/mol. The molecule has 1 atom stereocenters. The number of hydrogen-bond acceptors (Lipinski definition) is 4. The highest BCUT2D eigenvalue weighted by Gasteiger charge is 2.15. The number of guanidine groups is 1. The minimum Gasteiger partial charge on any atom is -0.396 e. The van der Waals surface area contributed by atoms with E-state index < -0.39 is 0 Å². The van der Waals surface area contributed by atoms with E-state index in [9.17, 15) is 5.11 Å². The molecule has 0 saturated heterocycles. The SMILES string of the molecule is CN=C(NCCCc1nc2c(s1)CCCC2)NCC(CO)c1ccccc1. The molecule has 0 fully saturated rings. The quantitative estimate of drug-likeness (QED) is 0.371. The summed E-state index contributed by atoms with van der Waals surface area (Å²) in [4.78, 5) is 10.6. The number of hydrogen-bond donors (Lipinski definition) is 3. The monoisotopic (exact) mass is 386 g/mol. The summed E-state index contributed by atoms with van der Waals surface area (Å²) in [5, 5.41) is 17.6. The van der Waals surface area contributed by atoms with Crippen LogP contribution in [-0.2, 0) is 19.3 Å². The number of aryl methyl sites for hydroxylation is 3. The minimum atomic E-state index is 0.0615. The lowest BCUT2D eigenvalue weighted by atomic mass is 10.0. The molecule has 0 aliphatic heterocycles. The van der Waals surface area contributed by atoms with Crippen molar-refractivity contribution in [3.05, 3.63) is 51.5 Å². The zero-order chi connectivity index (χ0) is 18.9. The largest absolute Gasteiger partial charge is 0.396 e. The topological polar surface area (TPSA) is 69.5 Å². The van der Waals surface area contributed by atoms with E-state index in [1.54, 1.807) is 7.05 Å². The third-order valence-electron chi connectivity index (χ3n) is 4.98. The van der Waals surface area contributed by atoms with Gasteiger partial charge in [0.25, 0.3) is 0 Å². The fourth-order valence-electron chi connectivity index (χ4n) is 3.41. The second kappa shape index (κ2) is 10.4. The molecule has 3 N–H and O–H groups in total. The predicted molar refractivity (Wildman–Crippen MR) is 113 cm³/mol. The van der Waals surface area contributed by atoms with Crippen LogP contribution in [-0.4, -0.2) is 42.8 Å². The Balaban J connectivity index is 1.39. The van der Waals surface area contributed by atoms with Crippen LogP contribution in [0.2, 0.25) is 0 Å². The van der Waals surface area contributed by atoms with Gasteiger partial charge in [-0.15, -0.1) is 11.3 Å². The van der Waals surface area contributed by atoms with Crippen LogP contribution < -0.4 is 10.6 Å². The molecule has 2 aromatic rings. The fraction of sp³-hybridized carbons (Fsp3) is 0.524. The summed E-state index contributed by atoms with van der Waals surface area (Å²) in [7, 11) is 1.78. The lowest BCUT2D eigenvalue weighted by Gasteiger charge is -2.18. The Morgan fingerprint density at radius 2 is 2.04 bits per heavy atom. The molecule has 0 amide bonds. The van der Waals surface area contributed by atoms with Gasteiger partial charge in [-0.1, -0.05) is 30.3 Å². The zero-order valence-corrected chi connectivity index (χ0v) is 16.9. The van der Waals surface area contributed by atoms with E-state index >= 15 is 0 Å². The first-order valence-corrected chi connectivity index (χ1v) is 10.7. The van der Waals surface area contributed by atoms with E-state index in [1.807, 2.05) is 41.7 Å². The van der Waals surface area contributed by atoms with Crippen LogP contribution in [0.4, 0.5) is 0 Å². The second-order valence-electron chi connectivity index (χ2n) is 6.96. The summed E-state index contributed by atoms with van der Waals surface area (Å²) in [6.07, 6.45) is 7.04. The van der Waals surface area contributed by atoms with E-state index in [0.29, 0.717) is 6.54 Å². The van der Waals surface area contributed by atoms with Gasteiger partial charge in [-0.3, -0.25) is 4.99 Å². The fourth-order valence-corrected chi connectivity index (χ4v) is 4.61. The van der Waals surface area contributed by atoms with Crippen molar-refractivity contribution < 1.29 is 5.11 Å². The molecule has 1 aliphatic rings. The molecule has 1 aromatic carbocycles. The Morgan fingerprint density at radius 3 is 2.78 bits per heavy atom. The Hall–Kier alpha value is -1.92. The van der Waals surface area contributed by atoms with Gasteiger partial charge in [-0.25, -0.2) is 4.98 Å². The Labute approximate surface area is 166 Å². The molecule has 5 nitrogen and oxygen atoms in total. The van der Waals surface area contributed by atoms with Crippen molar-refractivity contribution >= 4 is 17.3 Å². The summed E-state index contributed by atoms with van der Waals surface area (Å²) in [5.74, 6) is 0.842. The van der Waals surface area contributed by atoms with E-state index in [2.05, 4.69) is 15.6 Å². The maximum Gasteiger partial charge on any atom is 0.190 e. The van der Waals surface area contributed by atoms with Crippen molar-refractivity contribution in [2.24, 2.45) is 4.99 Å². The second-order valence-corrected chi connectivity index (χ2v) is 8.13. The number of nitrogens with one attached hydrogen (secondary N) is 2. The third kappa shape index (κ3) is 5.78. The molecule has 0 radical (unpaired) electrons. The molecule has 1 aromatic heterocycles. The molecule has 146 valence electrons. The molecule has 0 spiro atoms. The van der Waals surface area contributed by atoms with Gasteiger partial charge < -0.3 is 15.7 Å². The van der Waals surface area contributed by atoms with E-state index in [4.69, 9.17) is 4.98 Å². The van der Waals surface area contributed by atoms with Crippen LogP contribution in [0.3, 0.4) is 0 Å². The molecule has 27 heavy (non-hydrogen) atoms. The zero-order valence-electron chi connectivity index (χ0n) is 16.1. The first-order valence-electron chi connectivity index (χ1n) is 9.88. The maximum atomic E-state index is 9.67. The van der Waals surface area contributed by atoms with E-state index in [0.717, 1.165) is 37.3 Å². The molecule has 1 aliphatic carbocycles. The number of aliphatic hydroxyl groups is 1. The van der Waals surface area contributed by atoms with E-state index in [1.165, 1.54) is 34.8 Å². The van der Waals surface area contributed by atoms with Gasteiger partial charge in [-0.05, 0) is 37.7 Å². The lowest BCUT2D eigenvalue weighted by molar-refractivity contribution is 0.265. The molecule has 0 saturated carbocycles. The molecule has 3 rings (SSSR count). The number of nitrogens with zero attached hydrogens (tertiary/aromatic N) is 2. The van der Waals surface area contributed by atoms with Gasteiger partial charge >= 0.3 is 0 Å². The summed E-state index contributed by atoms with van der Waals surface area (Å²) in [6, 6.07) is 10.1. The molecule has 1 heterocycles. The summed E-state index contributed by atoms with van der Waals surface area (Å²) in [5.41, 5.74) is 2.48. The lowest BCUT2D eigenvalue weighted by Crippen LogP contribution is -2.40. The van der Waals surface area contributed by atoms with Crippen molar-refractivity contribution in [1.29, 1.82) is 0 Å². The van der Waals surface area contributed by atoms with Gasteiger partial charge in [0.1, 0.15) is 0 Å². The Morgan fingerprint density at radius 1 is 1.22 bits per heavy atom. The van der Waals surface area contributed by atoms with Crippen LogP contribution in [0.5, 0.6) is 0 Å². The number of aliphatic hydroxyl groups excluding tert-OH is 1. The van der Waals surface area contributed by atoms with Gasteiger partial charge in [0, 0.05) is 37.4 Å². The number of rotatable bonds is 8. The molecule has 1 unspecified atom stereocenters. The van der Waals surface area contributed by atoms with Crippen molar-refractivity contribution in [2.45, 2.75) is 44.4 Å². The predicted octanol–water partition coefficient (Wildman–Crippen LogP) is 2.90. The van der Waals surface area contributed by atoms with Gasteiger partial charge in [-0.2, -0.15) is 0 Å². The Bertz CT molecular complexity index is 706. The highest BCUT2D eigenvalue weighted by molar-refractivity contribution is 7.11. The first-order chi connectivity index (χ1) is 13.3. The summed E-state index contributed by atoms with van der Waals surface area (Å²) < 4.78 is 0. The smallest absolute Gasteiger partial charge is 0.190 e. The maximum absolute atomic E-state index is 9.67. The third-order valence-corrected chi connectivity index (χ3v) is 6.20. The molecular formula is C21H30N4OS. The van der Waals surface area contributed by atoms with Crippen molar-refractivity contribution in [1.82, 2.24) is 15.6 Å². The molecule has 6 heteroatoms. The van der Waals surface area contributed by atoms with E-state index in [-0.39, 0.29) is 12.5 Å². The standard InChI is InChI=1S/C21H30N4OS/c1-22-21(24-14-17(15-26)16-8-3-2-4-9-16)23-13-7-12-20-25-18-10-5-6-11-19(18)27-20/h2-4,8-9,17,26H,5-7,10-15H2,1H3,(H2,22,23,24). The van der Waals surface area contributed by atoms with Gasteiger partial charge in [0.15, 0.2) is 5.96 Å². The average molecular weight is 387 g/mol. The first kappa shape index (κ1) is 19.8. The number of fused-ring (bicyclic) bond motifs is 1. The van der Waals surface area contributed by atoms with Crippen LogP contribution in [0.25, 0.3) is 0 Å². The van der Waals surface area contributed by atoms with Gasteiger partial charge in [0.2, 0.25) is 0 Å². The van der Waals surface area contributed by atoms with Crippen LogP contribution in [0, 0.1) is 0 Å². The van der Waals surface area contributed by atoms with Crippen molar-refractivity contribution in [3.63, 3.8) is 0 Å². The number of aliphatic imine (C=N–C) groups is 1. The van der Waals surface area contributed by atoms with Crippen molar-refractivity contribution in [2.75, 3.05) is 26.7 Å². The average Bonchev–Trinajstić information content (AvgIpc) is 3.13. The van der Waals surface area contributed by atoms with Gasteiger partial charge in [0.05, 0.1) is 17.3 Å². The minimum absolute atomic E-state index is 0.0615. The highest BCUT2D eigenvalue weighted by Crippen LogP contribution is 2.27. The number of aromatic nitrogens is 1. The normalized spacial score (nSPS) is 15.3. The van der Waals surface area contributed by atoms with Crippen LogP contribution in [0.15, 0.2) is 35.3 Å². The Kier molecular flexibility index (Phi) is 7.66. The molecule has 0 bridgehead atoms. The number of benzene rings is 1. The highest BCUT2D eigenvalue weighted by atomic mass is 32.1. The number of thiazole rings is 1. The summed E-state index contributed by atoms with van der Waals surface area (Å²) in [6.45, 7) is 1.63. The van der Waals surface area contributed by atoms with Crippen LogP contribution in [0.1, 0.15) is 46.3 Å².